The third-order valence-corrected chi connectivity index (χ3v) is 8.18. The third kappa shape index (κ3) is 37.9. The van der Waals surface area contributed by atoms with Crippen molar-refractivity contribution in [3.05, 3.63) is 72.9 Å². The van der Waals surface area contributed by atoms with E-state index in [2.05, 4.69) is 93.7 Å². The smallest absolute Gasteiger partial charge is 0.306 e. The van der Waals surface area contributed by atoms with E-state index >= 15 is 0 Å². The molecule has 0 aliphatic rings. The van der Waals surface area contributed by atoms with Gasteiger partial charge in [0.2, 0.25) is 0 Å². The van der Waals surface area contributed by atoms with Crippen LogP contribution in [0, 0.1) is 0 Å². The zero-order valence-electron chi connectivity index (χ0n) is 32.8. The van der Waals surface area contributed by atoms with Crippen molar-refractivity contribution in [2.75, 3.05) is 13.2 Å². The fourth-order valence-electron chi connectivity index (χ4n) is 5.14. The van der Waals surface area contributed by atoms with Gasteiger partial charge < -0.3 is 14.2 Å². The molecule has 0 saturated heterocycles. The van der Waals surface area contributed by atoms with E-state index in [4.69, 9.17) is 14.2 Å². The highest BCUT2D eigenvalue weighted by molar-refractivity contribution is 5.71. The quantitative estimate of drug-likeness (QED) is 0.0282. The Labute approximate surface area is 312 Å². The van der Waals surface area contributed by atoms with Crippen molar-refractivity contribution in [3.8, 4) is 0 Å². The predicted octanol–water partition coefficient (Wildman–Crippen LogP) is 12.7. The molecule has 0 heterocycles. The molecule has 0 aliphatic heterocycles. The second-order valence-electron chi connectivity index (χ2n) is 13.1. The molecular formula is C45H74O6. The van der Waals surface area contributed by atoms with Crippen LogP contribution in [0.4, 0.5) is 0 Å². The van der Waals surface area contributed by atoms with E-state index in [-0.39, 0.29) is 31.1 Å². The number of esters is 3. The van der Waals surface area contributed by atoms with Crippen LogP contribution in [0.3, 0.4) is 0 Å². The molecule has 0 N–H and O–H groups in total. The minimum atomic E-state index is -0.805. The lowest BCUT2D eigenvalue weighted by Gasteiger charge is -2.18. The zero-order valence-corrected chi connectivity index (χ0v) is 32.8. The van der Waals surface area contributed by atoms with E-state index in [0.29, 0.717) is 25.7 Å². The third-order valence-electron chi connectivity index (χ3n) is 8.18. The summed E-state index contributed by atoms with van der Waals surface area (Å²) in [6.07, 6.45) is 47.6. The molecule has 0 fully saturated rings. The van der Waals surface area contributed by atoms with Gasteiger partial charge in [-0.1, -0.05) is 132 Å². The molecule has 1 atom stereocenters. The summed E-state index contributed by atoms with van der Waals surface area (Å²) in [7, 11) is 0. The van der Waals surface area contributed by atoms with Crippen LogP contribution in [0.15, 0.2) is 72.9 Å². The second kappa shape index (κ2) is 39.6. The summed E-state index contributed by atoms with van der Waals surface area (Å²) in [6, 6.07) is 0. The monoisotopic (exact) mass is 711 g/mol. The predicted molar refractivity (Wildman–Crippen MR) is 214 cm³/mol. The summed E-state index contributed by atoms with van der Waals surface area (Å²) >= 11 is 0. The summed E-state index contributed by atoms with van der Waals surface area (Å²) in [5, 5.41) is 0. The zero-order chi connectivity index (χ0) is 37.3. The van der Waals surface area contributed by atoms with Gasteiger partial charge in [0, 0.05) is 19.3 Å². The summed E-state index contributed by atoms with van der Waals surface area (Å²) in [4.78, 5) is 37.5. The largest absolute Gasteiger partial charge is 0.462 e. The lowest BCUT2D eigenvalue weighted by atomic mass is 10.1. The van der Waals surface area contributed by atoms with Crippen molar-refractivity contribution in [2.24, 2.45) is 0 Å². The topological polar surface area (TPSA) is 78.9 Å². The first-order valence-electron chi connectivity index (χ1n) is 20.4. The molecule has 290 valence electrons. The molecule has 0 aromatic rings. The van der Waals surface area contributed by atoms with Gasteiger partial charge in [0.05, 0.1) is 0 Å². The number of ether oxygens (including phenoxy) is 3. The highest BCUT2D eigenvalue weighted by Gasteiger charge is 2.19. The van der Waals surface area contributed by atoms with E-state index in [1.807, 2.05) is 0 Å². The maximum atomic E-state index is 12.6. The van der Waals surface area contributed by atoms with Gasteiger partial charge in [-0.15, -0.1) is 0 Å². The van der Waals surface area contributed by atoms with Gasteiger partial charge in [0.25, 0.3) is 0 Å². The van der Waals surface area contributed by atoms with Crippen LogP contribution < -0.4 is 0 Å². The van der Waals surface area contributed by atoms with Gasteiger partial charge in [0.1, 0.15) is 13.2 Å². The number of rotatable bonds is 35. The Hall–Kier alpha value is -3.15. The lowest BCUT2D eigenvalue weighted by molar-refractivity contribution is -0.167. The van der Waals surface area contributed by atoms with Crippen molar-refractivity contribution in [1.82, 2.24) is 0 Å². The molecule has 6 heteroatoms. The molecular weight excluding hydrogens is 636 g/mol. The average Bonchev–Trinajstić information content (AvgIpc) is 3.12. The van der Waals surface area contributed by atoms with Crippen LogP contribution in [0.25, 0.3) is 0 Å². The van der Waals surface area contributed by atoms with Crippen LogP contribution in [-0.2, 0) is 28.6 Å². The molecule has 6 nitrogen and oxygen atoms in total. The van der Waals surface area contributed by atoms with Gasteiger partial charge >= 0.3 is 17.9 Å². The summed E-state index contributed by atoms with van der Waals surface area (Å²) in [6.45, 7) is 6.26. The number of carbonyl (C=O) groups excluding carboxylic acids is 3. The number of allylic oxidation sites excluding steroid dienone is 12. The van der Waals surface area contributed by atoms with Crippen molar-refractivity contribution in [1.29, 1.82) is 0 Å². The number of unbranched alkanes of at least 4 members (excludes halogenated alkanes) is 12. The van der Waals surface area contributed by atoms with E-state index in [1.54, 1.807) is 0 Å². The molecule has 0 spiro atoms. The molecule has 0 rings (SSSR count). The Morgan fingerprint density at radius 3 is 1.33 bits per heavy atom. The van der Waals surface area contributed by atoms with Crippen LogP contribution in [-0.4, -0.2) is 37.2 Å². The number of carbonyl (C=O) groups is 3. The number of hydrogen-bond donors (Lipinski definition) is 0. The second-order valence-corrected chi connectivity index (χ2v) is 13.1. The van der Waals surface area contributed by atoms with E-state index in [1.165, 1.54) is 25.7 Å². The minimum Gasteiger partial charge on any atom is -0.462 e. The molecule has 0 radical (unpaired) electrons. The van der Waals surface area contributed by atoms with Gasteiger partial charge in [-0.25, -0.2) is 0 Å². The number of hydrogen-bond acceptors (Lipinski definition) is 6. The normalized spacial score (nSPS) is 12.8. The molecule has 0 aromatic carbocycles. The first-order valence-corrected chi connectivity index (χ1v) is 20.4. The fourth-order valence-corrected chi connectivity index (χ4v) is 5.14. The highest BCUT2D eigenvalue weighted by atomic mass is 16.6. The molecule has 0 aliphatic carbocycles. The Morgan fingerprint density at radius 1 is 0.412 bits per heavy atom. The molecule has 0 saturated carbocycles. The summed E-state index contributed by atoms with van der Waals surface area (Å²) in [5.41, 5.74) is 0. The van der Waals surface area contributed by atoms with Crippen LogP contribution >= 0.6 is 0 Å². The first-order chi connectivity index (χ1) is 25.0. The Bertz CT molecular complexity index is 1000. The maximum absolute atomic E-state index is 12.6. The van der Waals surface area contributed by atoms with Crippen molar-refractivity contribution >= 4 is 17.9 Å². The first kappa shape index (κ1) is 47.8. The standard InChI is InChI=1S/C45H74O6/c1-4-7-10-13-16-19-21-23-26-29-32-35-38-44(47)50-41-42(40-49-43(46)37-34-31-28-25-18-15-12-9-6-3)51-45(48)39-36-33-30-27-24-22-20-17-14-11-8-5-2/h7-8,10-11,16-17,19-20,23,25-26,28,42H,4-6,9,12-15,18,21-22,24,27,29-41H2,1-3H3/b10-7-,11-8-,19-16-,20-17-,26-23-,28-25-. The van der Waals surface area contributed by atoms with Crippen LogP contribution in [0.1, 0.15) is 175 Å². The van der Waals surface area contributed by atoms with Crippen molar-refractivity contribution in [2.45, 2.75) is 181 Å². The van der Waals surface area contributed by atoms with Crippen LogP contribution in [0.2, 0.25) is 0 Å². The van der Waals surface area contributed by atoms with Gasteiger partial charge in [-0.05, 0) is 96.3 Å². The van der Waals surface area contributed by atoms with E-state index in [0.717, 1.165) is 103 Å². The molecule has 0 bridgehead atoms. The molecule has 1 unspecified atom stereocenters. The highest BCUT2D eigenvalue weighted by Crippen LogP contribution is 2.11. The molecule has 51 heavy (non-hydrogen) atoms. The van der Waals surface area contributed by atoms with Crippen molar-refractivity contribution in [3.63, 3.8) is 0 Å². The van der Waals surface area contributed by atoms with Gasteiger partial charge in [-0.2, -0.15) is 0 Å². The minimum absolute atomic E-state index is 0.110. The lowest BCUT2D eigenvalue weighted by Crippen LogP contribution is -2.30. The summed E-state index contributed by atoms with van der Waals surface area (Å²) < 4.78 is 16.5. The van der Waals surface area contributed by atoms with E-state index < -0.39 is 6.10 Å². The Morgan fingerprint density at radius 2 is 0.784 bits per heavy atom. The van der Waals surface area contributed by atoms with Crippen molar-refractivity contribution < 1.29 is 28.6 Å². The maximum Gasteiger partial charge on any atom is 0.306 e. The Balaban J connectivity index is 4.50. The van der Waals surface area contributed by atoms with Gasteiger partial charge in [-0.3, -0.25) is 14.4 Å². The fraction of sp³-hybridized carbons (Fsp3) is 0.667. The average molecular weight is 711 g/mol. The van der Waals surface area contributed by atoms with E-state index in [9.17, 15) is 14.4 Å². The molecule has 0 aromatic heterocycles. The molecule has 0 amide bonds. The SMILES string of the molecule is CC/C=C\C/C=C\C/C=C\CCCCC(=O)OCC(COC(=O)CCC/C=C\CCCCCC)OC(=O)CCCCCCC/C=C\C/C=C\CC. The Kier molecular flexibility index (Phi) is 37.2. The summed E-state index contributed by atoms with van der Waals surface area (Å²) in [5.74, 6) is -1.01. The van der Waals surface area contributed by atoms with Gasteiger partial charge in [0.15, 0.2) is 6.10 Å². The van der Waals surface area contributed by atoms with Crippen LogP contribution in [0.5, 0.6) is 0 Å².